The molecule has 0 aromatic heterocycles. The fourth-order valence-electron chi connectivity index (χ4n) is 2.95. The van der Waals surface area contributed by atoms with E-state index in [0.29, 0.717) is 6.54 Å². The van der Waals surface area contributed by atoms with Gasteiger partial charge in [-0.15, -0.1) is 0 Å². The molecule has 0 unspecified atom stereocenters. The van der Waals surface area contributed by atoms with Crippen molar-refractivity contribution < 1.29 is 9.13 Å². The molecule has 0 aliphatic carbocycles. The Hall–Kier alpha value is -1.23. The second kappa shape index (κ2) is 6.90. The molecule has 1 N–H and O–H groups in total. The quantitative estimate of drug-likeness (QED) is 0.869. The standard InChI is InChI=1S/C18H19BrFNO/c19-16-3-1-2-15(12-16)18(8-10-22-11-9-18)21-13-14-4-6-17(20)7-5-14/h1-7,12,21H,8-11,13H2. The van der Waals surface area contributed by atoms with Crippen molar-refractivity contribution in [1.29, 1.82) is 0 Å². The van der Waals surface area contributed by atoms with Gasteiger partial charge >= 0.3 is 0 Å². The van der Waals surface area contributed by atoms with E-state index in [1.165, 1.54) is 17.7 Å². The van der Waals surface area contributed by atoms with Crippen LogP contribution in [0.25, 0.3) is 0 Å². The average molecular weight is 364 g/mol. The highest BCUT2D eigenvalue weighted by molar-refractivity contribution is 9.10. The summed E-state index contributed by atoms with van der Waals surface area (Å²) in [6.45, 7) is 2.22. The summed E-state index contributed by atoms with van der Waals surface area (Å²) in [5, 5.41) is 3.69. The van der Waals surface area contributed by atoms with Gasteiger partial charge < -0.3 is 10.1 Å². The largest absolute Gasteiger partial charge is 0.381 e. The Morgan fingerprint density at radius 3 is 2.50 bits per heavy atom. The molecule has 116 valence electrons. The van der Waals surface area contributed by atoms with Gasteiger partial charge in [0.15, 0.2) is 0 Å². The van der Waals surface area contributed by atoms with E-state index in [1.54, 1.807) is 0 Å². The second-order valence-electron chi connectivity index (χ2n) is 5.68. The Morgan fingerprint density at radius 2 is 1.82 bits per heavy atom. The molecule has 0 spiro atoms. The van der Waals surface area contributed by atoms with E-state index >= 15 is 0 Å². The lowest BCUT2D eigenvalue weighted by Gasteiger charge is -2.39. The van der Waals surface area contributed by atoms with E-state index < -0.39 is 0 Å². The van der Waals surface area contributed by atoms with Crippen LogP contribution in [0.5, 0.6) is 0 Å². The molecule has 0 radical (unpaired) electrons. The number of hydrogen-bond donors (Lipinski definition) is 1. The zero-order valence-corrected chi connectivity index (χ0v) is 13.9. The van der Waals surface area contributed by atoms with E-state index in [1.807, 2.05) is 18.2 Å². The molecule has 1 fully saturated rings. The number of benzene rings is 2. The van der Waals surface area contributed by atoms with Crippen LogP contribution in [-0.2, 0) is 16.8 Å². The average Bonchev–Trinajstić information content (AvgIpc) is 2.55. The predicted octanol–water partition coefficient (Wildman–Crippen LogP) is 4.38. The van der Waals surface area contributed by atoms with Gasteiger partial charge in [0.1, 0.15) is 5.82 Å². The monoisotopic (exact) mass is 363 g/mol. The molecule has 0 bridgehead atoms. The van der Waals surface area contributed by atoms with Gasteiger partial charge in [-0.2, -0.15) is 0 Å². The molecule has 1 saturated heterocycles. The van der Waals surface area contributed by atoms with Gasteiger partial charge in [0.25, 0.3) is 0 Å². The Balaban J connectivity index is 1.81. The van der Waals surface area contributed by atoms with Crippen LogP contribution in [0.15, 0.2) is 53.0 Å². The van der Waals surface area contributed by atoms with Crippen molar-refractivity contribution in [2.24, 2.45) is 0 Å². The van der Waals surface area contributed by atoms with Gasteiger partial charge in [-0.3, -0.25) is 0 Å². The van der Waals surface area contributed by atoms with E-state index in [4.69, 9.17) is 4.74 Å². The summed E-state index contributed by atoms with van der Waals surface area (Å²) < 4.78 is 19.6. The highest BCUT2D eigenvalue weighted by Gasteiger charge is 2.33. The first-order chi connectivity index (χ1) is 10.7. The molecule has 2 aromatic carbocycles. The minimum atomic E-state index is -0.198. The summed E-state index contributed by atoms with van der Waals surface area (Å²) in [5.41, 5.74) is 2.27. The van der Waals surface area contributed by atoms with E-state index in [0.717, 1.165) is 36.1 Å². The molecule has 1 aliphatic heterocycles. The third-order valence-electron chi connectivity index (χ3n) is 4.27. The van der Waals surface area contributed by atoms with Crippen molar-refractivity contribution in [3.8, 4) is 0 Å². The Labute approximate surface area is 138 Å². The number of rotatable bonds is 4. The lowest BCUT2D eigenvalue weighted by molar-refractivity contribution is 0.0357. The molecule has 2 nitrogen and oxygen atoms in total. The van der Waals surface area contributed by atoms with Crippen molar-refractivity contribution >= 4 is 15.9 Å². The minimum absolute atomic E-state index is 0.0869. The maximum Gasteiger partial charge on any atom is 0.123 e. The van der Waals surface area contributed by atoms with Gasteiger partial charge in [0.2, 0.25) is 0 Å². The Kier molecular flexibility index (Phi) is 4.91. The number of hydrogen-bond acceptors (Lipinski definition) is 2. The van der Waals surface area contributed by atoms with E-state index in [9.17, 15) is 4.39 Å². The fraction of sp³-hybridized carbons (Fsp3) is 0.333. The summed E-state index contributed by atoms with van der Waals surface area (Å²) in [6.07, 6.45) is 1.87. The van der Waals surface area contributed by atoms with Gasteiger partial charge in [-0.25, -0.2) is 4.39 Å². The molecular formula is C18H19BrFNO. The Bertz CT molecular complexity index is 623. The molecule has 4 heteroatoms. The molecule has 2 aromatic rings. The first kappa shape index (κ1) is 15.7. The van der Waals surface area contributed by atoms with Crippen LogP contribution in [0.4, 0.5) is 4.39 Å². The molecule has 1 aliphatic rings. The third kappa shape index (κ3) is 3.57. The lowest BCUT2D eigenvalue weighted by atomic mass is 9.82. The predicted molar refractivity (Wildman–Crippen MR) is 89.1 cm³/mol. The SMILES string of the molecule is Fc1ccc(CNC2(c3cccc(Br)c3)CCOCC2)cc1. The summed E-state index contributed by atoms with van der Waals surface area (Å²) in [7, 11) is 0. The summed E-state index contributed by atoms with van der Waals surface area (Å²) in [6, 6.07) is 15.1. The van der Waals surface area contributed by atoms with Gasteiger partial charge in [-0.1, -0.05) is 40.2 Å². The van der Waals surface area contributed by atoms with Gasteiger partial charge in [0.05, 0.1) is 0 Å². The van der Waals surface area contributed by atoms with Crippen molar-refractivity contribution in [3.05, 3.63) is 69.9 Å². The van der Waals surface area contributed by atoms with Crippen LogP contribution in [0, 0.1) is 5.82 Å². The van der Waals surface area contributed by atoms with Gasteiger partial charge in [0, 0.05) is 29.8 Å². The highest BCUT2D eigenvalue weighted by Crippen LogP contribution is 2.33. The van der Waals surface area contributed by atoms with Crippen molar-refractivity contribution in [1.82, 2.24) is 5.32 Å². The molecule has 1 heterocycles. The van der Waals surface area contributed by atoms with Crippen molar-refractivity contribution in [2.45, 2.75) is 24.9 Å². The number of halogens is 2. The van der Waals surface area contributed by atoms with Crippen LogP contribution in [0.3, 0.4) is 0 Å². The van der Waals surface area contributed by atoms with E-state index in [-0.39, 0.29) is 11.4 Å². The first-order valence-corrected chi connectivity index (χ1v) is 8.31. The summed E-state index contributed by atoms with van der Waals surface area (Å²) in [5.74, 6) is -0.198. The van der Waals surface area contributed by atoms with Crippen LogP contribution in [-0.4, -0.2) is 13.2 Å². The van der Waals surface area contributed by atoms with Crippen LogP contribution >= 0.6 is 15.9 Å². The smallest absolute Gasteiger partial charge is 0.123 e. The van der Waals surface area contributed by atoms with Crippen molar-refractivity contribution in [3.63, 3.8) is 0 Å². The fourth-order valence-corrected chi connectivity index (χ4v) is 3.35. The second-order valence-corrected chi connectivity index (χ2v) is 6.60. The number of nitrogens with one attached hydrogen (secondary N) is 1. The molecule has 3 rings (SSSR count). The highest BCUT2D eigenvalue weighted by atomic mass is 79.9. The zero-order chi connectivity index (χ0) is 15.4. The molecule has 0 amide bonds. The molecule has 22 heavy (non-hydrogen) atoms. The minimum Gasteiger partial charge on any atom is -0.381 e. The maximum atomic E-state index is 13.0. The number of ether oxygens (including phenoxy) is 1. The maximum absolute atomic E-state index is 13.0. The first-order valence-electron chi connectivity index (χ1n) is 7.51. The van der Waals surface area contributed by atoms with E-state index in [2.05, 4.69) is 39.4 Å². The molecule has 0 saturated carbocycles. The van der Waals surface area contributed by atoms with Gasteiger partial charge in [-0.05, 0) is 48.2 Å². The van der Waals surface area contributed by atoms with Crippen LogP contribution < -0.4 is 5.32 Å². The molecule has 0 atom stereocenters. The normalized spacial score (nSPS) is 17.4. The Morgan fingerprint density at radius 1 is 1.09 bits per heavy atom. The third-order valence-corrected chi connectivity index (χ3v) is 4.76. The summed E-state index contributed by atoms with van der Waals surface area (Å²) >= 11 is 3.56. The summed E-state index contributed by atoms with van der Waals surface area (Å²) in [4.78, 5) is 0. The lowest BCUT2D eigenvalue weighted by Crippen LogP contribution is -2.46. The van der Waals surface area contributed by atoms with Crippen LogP contribution in [0.1, 0.15) is 24.0 Å². The topological polar surface area (TPSA) is 21.3 Å². The molecular weight excluding hydrogens is 345 g/mol. The van der Waals surface area contributed by atoms with Crippen molar-refractivity contribution in [2.75, 3.05) is 13.2 Å². The van der Waals surface area contributed by atoms with Crippen LogP contribution in [0.2, 0.25) is 0 Å². The zero-order valence-electron chi connectivity index (χ0n) is 12.3.